The summed E-state index contributed by atoms with van der Waals surface area (Å²) in [5, 5.41) is 4.61. The molecule has 0 aliphatic rings. The van der Waals surface area contributed by atoms with Gasteiger partial charge in [0, 0.05) is 5.69 Å². The molecule has 2 heterocycles. The Balaban J connectivity index is 1.63. The van der Waals surface area contributed by atoms with Gasteiger partial charge in [-0.2, -0.15) is 0 Å². The fourth-order valence-corrected chi connectivity index (χ4v) is 2.53. The minimum atomic E-state index is -0.562. The summed E-state index contributed by atoms with van der Waals surface area (Å²) in [4.78, 5) is 24.4. The molecular weight excluding hydrogens is 314 g/mol. The molecule has 0 radical (unpaired) electrons. The highest BCUT2D eigenvalue weighted by Crippen LogP contribution is 2.19. The lowest BCUT2D eigenvalue weighted by atomic mass is 10.3. The van der Waals surface area contributed by atoms with Gasteiger partial charge in [-0.25, -0.2) is 4.79 Å². The number of carbonyl (C=O) groups excluding carboxylic acids is 2. The van der Waals surface area contributed by atoms with Gasteiger partial charge in [-0.15, -0.1) is 11.3 Å². The number of anilines is 1. The number of hydrogen-bond acceptors (Lipinski definition) is 5. The monoisotopic (exact) mass is 327 g/mol. The van der Waals surface area contributed by atoms with Gasteiger partial charge in [-0.1, -0.05) is 6.07 Å². The lowest BCUT2D eigenvalue weighted by Crippen LogP contribution is -2.10. The average molecular weight is 327 g/mol. The first-order valence-electron chi connectivity index (χ1n) is 6.85. The Labute approximate surface area is 136 Å². The summed E-state index contributed by atoms with van der Waals surface area (Å²) < 4.78 is 10.4. The minimum absolute atomic E-state index is 0.151. The van der Waals surface area contributed by atoms with E-state index < -0.39 is 5.97 Å². The molecule has 0 bridgehead atoms. The zero-order valence-corrected chi connectivity index (χ0v) is 13.1. The largest absolute Gasteiger partial charge is 0.454 e. The van der Waals surface area contributed by atoms with Gasteiger partial charge < -0.3 is 14.5 Å². The van der Waals surface area contributed by atoms with Crippen molar-refractivity contribution in [2.45, 2.75) is 6.92 Å². The van der Waals surface area contributed by atoms with Crippen molar-refractivity contribution in [1.29, 1.82) is 0 Å². The van der Waals surface area contributed by atoms with Gasteiger partial charge in [0.05, 0.1) is 4.88 Å². The van der Waals surface area contributed by atoms with Crippen LogP contribution in [0.15, 0.2) is 58.3 Å². The van der Waals surface area contributed by atoms with Crippen LogP contribution >= 0.6 is 11.3 Å². The Morgan fingerprint density at radius 2 is 1.87 bits per heavy atom. The molecule has 3 rings (SSSR count). The van der Waals surface area contributed by atoms with Gasteiger partial charge >= 0.3 is 5.97 Å². The van der Waals surface area contributed by atoms with E-state index in [0.717, 1.165) is 0 Å². The standard InChI is InChI=1S/C17H13NO4S/c1-11-4-9-14(21-11)17(20)22-13-7-5-12(6-8-13)18-16(19)15-3-2-10-23-15/h2-10H,1H3,(H,18,19). The first-order valence-corrected chi connectivity index (χ1v) is 7.73. The molecule has 1 aromatic carbocycles. The van der Waals surface area contributed by atoms with E-state index in [0.29, 0.717) is 22.1 Å². The summed E-state index contributed by atoms with van der Waals surface area (Å²) in [6.07, 6.45) is 0. The van der Waals surface area contributed by atoms with Crippen LogP contribution in [0.25, 0.3) is 0 Å². The molecule has 116 valence electrons. The summed E-state index contributed by atoms with van der Waals surface area (Å²) in [6, 6.07) is 13.4. The van der Waals surface area contributed by atoms with Crippen molar-refractivity contribution in [3.8, 4) is 5.75 Å². The minimum Gasteiger partial charge on any atom is -0.454 e. The van der Waals surface area contributed by atoms with Crippen LogP contribution in [0, 0.1) is 6.92 Å². The van der Waals surface area contributed by atoms with E-state index in [9.17, 15) is 9.59 Å². The zero-order valence-electron chi connectivity index (χ0n) is 12.2. The third-order valence-corrected chi connectivity index (χ3v) is 3.88. The van der Waals surface area contributed by atoms with Crippen molar-refractivity contribution in [2.75, 3.05) is 5.32 Å². The summed E-state index contributed by atoms with van der Waals surface area (Å²) in [5.41, 5.74) is 0.622. The predicted octanol–water partition coefficient (Wildman–Crippen LogP) is 4.12. The van der Waals surface area contributed by atoms with E-state index in [4.69, 9.17) is 9.15 Å². The fourth-order valence-electron chi connectivity index (χ4n) is 1.91. The van der Waals surface area contributed by atoms with E-state index >= 15 is 0 Å². The average Bonchev–Trinajstić information content (AvgIpc) is 3.20. The molecule has 0 saturated carbocycles. The van der Waals surface area contributed by atoms with Crippen LogP contribution in [0.5, 0.6) is 5.75 Å². The molecular formula is C17H13NO4S. The SMILES string of the molecule is Cc1ccc(C(=O)Oc2ccc(NC(=O)c3cccs3)cc2)o1. The molecule has 1 amide bonds. The Kier molecular flexibility index (Phi) is 4.25. The molecule has 23 heavy (non-hydrogen) atoms. The molecule has 0 unspecified atom stereocenters. The van der Waals surface area contributed by atoms with Crippen LogP contribution in [0.1, 0.15) is 26.0 Å². The van der Waals surface area contributed by atoms with Crippen LogP contribution in [0.4, 0.5) is 5.69 Å². The van der Waals surface area contributed by atoms with Crippen molar-refractivity contribution in [2.24, 2.45) is 0 Å². The maximum atomic E-state index is 11.9. The summed E-state index contributed by atoms with van der Waals surface area (Å²) in [7, 11) is 0. The highest BCUT2D eigenvalue weighted by Gasteiger charge is 2.13. The third-order valence-electron chi connectivity index (χ3n) is 3.01. The number of thiophene rings is 1. The van der Waals surface area contributed by atoms with E-state index in [1.807, 2.05) is 11.4 Å². The highest BCUT2D eigenvalue weighted by molar-refractivity contribution is 7.12. The van der Waals surface area contributed by atoms with Crippen LogP contribution in [0.3, 0.4) is 0 Å². The first-order chi connectivity index (χ1) is 11.1. The van der Waals surface area contributed by atoms with Gasteiger partial charge in [0.15, 0.2) is 0 Å². The predicted molar refractivity (Wildman–Crippen MR) is 87.1 cm³/mol. The van der Waals surface area contributed by atoms with Crippen LogP contribution < -0.4 is 10.1 Å². The molecule has 1 N–H and O–H groups in total. The maximum Gasteiger partial charge on any atom is 0.379 e. The second-order valence-electron chi connectivity index (χ2n) is 4.76. The Bertz CT molecular complexity index is 819. The van der Waals surface area contributed by atoms with Crippen molar-refractivity contribution in [1.82, 2.24) is 0 Å². The number of ether oxygens (including phenoxy) is 1. The van der Waals surface area contributed by atoms with E-state index in [1.54, 1.807) is 49.4 Å². The van der Waals surface area contributed by atoms with Gasteiger partial charge in [0.2, 0.25) is 5.76 Å². The van der Waals surface area contributed by atoms with Gasteiger partial charge in [-0.05, 0) is 54.8 Å². The van der Waals surface area contributed by atoms with Crippen molar-refractivity contribution >= 4 is 28.9 Å². The Morgan fingerprint density at radius 1 is 1.09 bits per heavy atom. The molecule has 5 nitrogen and oxygen atoms in total. The molecule has 2 aromatic heterocycles. The number of esters is 1. The third kappa shape index (κ3) is 3.67. The van der Waals surface area contributed by atoms with E-state index in [2.05, 4.69) is 5.32 Å². The molecule has 0 saturated heterocycles. The summed E-state index contributed by atoms with van der Waals surface area (Å²) in [6.45, 7) is 1.75. The van der Waals surface area contributed by atoms with Crippen LogP contribution in [0.2, 0.25) is 0 Å². The molecule has 0 fully saturated rings. The molecule has 0 aliphatic carbocycles. The number of furan rings is 1. The quantitative estimate of drug-likeness (QED) is 0.578. The molecule has 0 atom stereocenters. The number of hydrogen-bond donors (Lipinski definition) is 1. The number of nitrogens with one attached hydrogen (secondary N) is 1. The highest BCUT2D eigenvalue weighted by atomic mass is 32.1. The van der Waals surface area contributed by atoms with Crippen molar-refractivity contribution < 1.29 is 18.7 Å². The van der Waals surface area contributed by atoms with Gasteiger partial charge in [0.25, 0.3) is 5.91 Å². The lowest BCUT2D eigenvalue weighted by molar-refractivity contribution is 0.0699. The second kappa shape index (κ2) is 6.50. The van der Waals surface area contributed by atoms with E-state index in [1.165, 1.54) is 11.3 Å². The van der Waals surface area contributed by atoms with Crippen molar-refractivity contribution in [3.05, 3.63) is 70.3 Å². The second-order valence-corrected chi connectivity index (χ2v) is 5.70. The number of rotatable bonds is 4. The molecule has 0 spiro atoms. The van der Waals surface area contributed by atoms with Gasteiger partial charge in [-0.3, -0.25) is 4.79 Å². The fraction of sp³-hybridized carbons (Fsp3) is 0.0588. The maximum absolute atomic E-state index is 11.9. The zero-order chi connectivity index (χ0) is 16.2. The summed E-state index contributed by atoms with van der Waals surface area (Å²) >= 11 is 1.37. The number of benzene rings is 1. The Hall–Kier alpha value is -2.86. The van der Waals surface area contributed by atoms with Crippen molar-refractivity contribution in [3.63, 3.8) is 0 Å². The number of carbonyl (C=O) groups is 2. The molecule has 6 heteroatoms. The molecule has 0 aliphatic heterocycles. The lowest BCUT2D eigenvalue weighted by Gasteiger charge is -2.06. The smallest absolute Gasteiger partial charge is 0.379 e. The topological polar surface area (TPSA) is 68.5 Å². The first kappa shape index (κ1) is 15.1. The normalized spacial score (nSPS) is 10.3. The van der Waals surface area contributed by atoms with Crippen LogP contribution in [-0.4, -0.2) is 11.9 Å². The van der Waals surface area contributed by atoms with E-state index in [-0.39, 0.29) is 11.7 Å². The number of aryl methyl sites for hydroxylation is 1. The molecule has 3 aromatic rings. The van der Waals surface area contributed by atoms with Gasteiger partial charge in [0.1, 0.15) is 11.5 Å². The van der Waals surface area contributed by atoms with Crippen LogP contribution in [-0.2, 0) is 0 Å². The summed E-state index contributed by atoms with van der Waals surface area (Å²) in [5.74, 6) is 0.434. The number of amides is 1. The Morgan fingerprint density at radius 3 is 2.48 bits per heavy atom.